The summed E-state index contributed by atoms with van der Waals surface area (Å²) in [7, 11) is 0. The van der Waals surface area contributed by atoms with Crippen LogP contribution in [0.1, 0.15) is 15.9 Å². The first-order valence-corrected chi connectivity index (χ1v) is 8.87. The average molecular weight is 462 g/mol. The van der Waals surface area contributed by atoms with E-state index in [0.29, 0.717) is 6.07 Å². The van der Waals surface area contributed by atoms with Crippen molar-refractivity contribution in [1.82, 2.24) is 0 Å². The van der Waals surface area contributed by atoms with Crippen molar-refractivity contribution in [3.8, 4) is 0 Å². The van der Waals surface area contributed by atoms with Crippen LogP contribution < -0.4 is 10.6 Å². The van der Waals surface area contributed by atoms with Crippen molar-refractivity contribution < 1.29 is 37.5 Å². The summed E-state index contributed by atoms with van der Waals surface area (Å²) in [6.07, 6.45) is -4.73. The molecule has 0 saturated carbocycles. The zero-order valence-corrected chi connectivity index (χ0v) is 16.3. The highest BCUT2D eigenvalue weighted by atomic mass is 35.5. The highest BCUT2D eigenvalue weighted by molar-refractivity contribution is 6.31. The lowest BCUT2D eigenvalue weighted by Gasteiger charge is -2.13. The number of rotatable bonds is 8. The van der Waals surface area contributed by atoms with Crippen molar-refractivity contribution in [2.75, 3.05) is 30.4 Å². The lowest BCUT2D eigenvalue weighted by molar-refractivity contribution is -0.384. The number of carbonyl (C=O) groups excluding carboxylic acids is 2. The van der Waals surface area contributed by atoms with E-state index in [1.165, 1.54) is 6.07 Å². The van der Waals surface area contributed by atoms with Crippen LogP contribution in [0.2, 0.25) is 5.02 Å². The molecule has 0 aliphatic carbocycles. The molecule has 0 aliphatic heterocycles. The van der Waals surface area contributed by atoms with E-state index in [-0.39, 0.29) is 30.1 Å². The van der Waals surface area contributed by atoms with Crippen molar-refractivity contribution in [1.29, 1.82) is 0 Å². The number of aliphatic hydroxyl groups is 1. The summed E-state index contributed by atoms with van der Waals surface area (Å²) in [6.45, 7) is -1.11. The third kappa shape index (κ3) is 6.55. The number of halogens is 4. The Morgan fingerprint density at radius 1 is 1.19 bits per heavy atom. The van der Waals surface area contributed by atoms with E-state index < -0.39 is 45.9 Å². The van der Waals surface area contributed by atoms with E-state index in [4.69, 9.17) is 21.4 Å². The SMILES string of the molecule is O=C(COC(=O)c1cc([N+](=O)[O-])ccc1NCCO)Nc1ccc(Cl)c(C(F)(F)F)c1. The van der Waals surface area contributed by atoms with Gasteiger partial charge < -0.3 is 20.5 Å². The Morgan fingerprint density at radius 2 is 1.90 bits per heavy atom. The predicted octanol–water partition coefficient (Wildman–Crippen LogP) is 3.47. The van der Waals surface area contributed by atoms with Crippen molar-refractivity contribution in [3.63, 3.8) is 0 Å². The second kappa shape index (κ2) is 10.1. The molecule has 166 valence electrons. The topological polar surface area (TPSA) is 131 Å². The van der Waals surface area contributed by atoms with E-state index >= 15 is 0 Å². The molecule has 1 amide bonds. The fraction of sp³-hybridized carbons (Fsp3) is 0.222. The Kier molecular flexibility index (Phi) is 7.78. The minimum absolute atomic E-state index is 0.0384. The molecule has 2 aromatic rings. The number of non-ortho nitro benzene ring substituents is 1. The quantitative estimate of drug-likeness (QED) is 0.311. The molecule has 0 aromatic heterocycles. The molecule has 0 atom stereocenters. The first kappa shape index (κ1) is 23.9. The van der Waals surface area contributed by atoms with Gasteiger partial charge in [0.1, 0.15) is 0 Å². The molecule has 31 heavy (non-hydrogen) atoms. The molecule has 0 bridgehead atoms. The van der Waals surface area contributed by atoms with E-state index in [9.17, 15) is 32.9 Å². The van der Waals surface area contributed by atoms with Gasteiger partial charge in [0.15, 0.2) is 6.61 Å². The molecule has 0 saturated heterocycles. The standard InChI is InChI=1S/C18H15ClF3N3O6/c19-14-3-1-10(7-13(14)18(20,21)22)24-16(27)9-31-17(28)12-8-11(25(29)30)2-4-15(12)23-5-6-26/h1-4,7-8,23,26H,5-6,9H2,(H,24,27). The van der Waals surface area contributed by atoms with Crippen molar-refractivity contribution >= 4 is 40.5 Å². The predicted molar refractivity (Wildman–Crippen MR) is 104 cm³/mol. The molecular weight excluding hydrogens is 447 g/mol. The molecule has 2 aromatic carbocycles. The molecular formula is C18H15ClF3N3O6. The van der Waals surface area contributed by atoms with E-state index in [2.05, 4.69) is 10.6 Å². The monoisotopic (exact) mass is 461 g/mol. The third-order valence-electron chi connectivity index (χ3n) is 3.75. The highest BCUT2D eigenvalue weighted by Gasteiger charge is 2.33. The van der Waals surface area contributed by atoms with Gasteiger partial charge >= 0.3 is 12.1 Å². The number of aliphatic hydroxyl groups excluding tert-OH is 1. The number of ether oxygens (including phenoxy) is 1. The van der Waals surface area contributed by atoms with Crippen LogP contribution in [-0.4, -0.2) is 41.7 Å². The van der Waals surface area contributed by atoms with Gasteiger partial charge in [0.2, 0.25) is 0 Å². The lowest BCUT2D eigenvalue weighted by Crippen LogP contribution is -2.22. The number of nitro groups is 1. The van der Waals surface area contributed by atoms with Gasteiger partial charge in [-0.25, -0.2) is 4.79 Å². The minimum Gasteiger partial charge on any atom is -0.452 e. The Bertz CT molecular complexity index is 1000. The number of amides is 1. The second-order valence-corrected chi connectivity index (χ2v) is 6.36. The van der Waals surface area contributed by atoms with E-state index in [1.807, 2.05) is 0 Å². The molecule has 0 aliphatic rings. The van der Waals surface area contributed by atoms with E-state index in [1.54, 1.807) is 0 Å². The van der Waals surface area contributed by atoms with Gasteiger partial charge in [0.25, 0.3) is 11.6 Å². The van der Waals surface area contributed by atoms with Gasteiger partial charge in [-0.15, -0.1) is 0 Å². The molecule has 2 rings (SSSR count). The fourth-order valence-corrected chi connectivity index (χ4v) is 2.61. The smallest absolute Gasteiger partial charge is 0.417 e. The number of esters is 1. The Morgan fingerprint density at radius 3 is 2.52 bits per heavy atom. The summed E-state index contributed by atoms with van der Waals surface area (Å²) in [6, 6.07) is 6.00. The molecule has 3 N–H and O–H groups in total. The number of alkyl halides is 3. The molecule has 0 fully saturated rings. The second-order valence-electron chi connectivity index (χ2n) is 5.95. The van der Waals surface area contributed by atoms with Crippen LogP contribution >= 0.6 is 11.6 Å². The van der Waals surface area contributed by atoms with Crippen LogP contribution in [-0.2, 0) is 15.7 Å². The number of benzene rings is 2. The number of nitrogens with one attached hydrogen (secondary N) is 2. The normalized spacial score (nSPS) is 11.0. The van der Waals surface area contributed by atoms with Gasteiger partial charge in [-0.05, 0) is 24.3 Å². The Hall–Kier alpha value is -3.38. The van der Waals surface area contributed by atoms with Crippen LogP contribution in [0.3, 0.4) is 0 Å². The maximum absolute atomic E-state index is 12.9. The summed E-state index contributed by atoms with van der Waals surface area (Å²) in [5.41, 5.74) is -1.93. The lowest BCUT2D eigenvalue weighted by atomic mass is 10.1. The highest BCUT2D eigenvalue weighted by Crippen LogP contribution is 2.36. The number of nitro benzene ring substituents is 1. The largest absolute Gasteiger partial charge is 0.452 e. The summed E-state index contributed by atoms with van der Waals surface area (Å²) < 4.78 is 43.5. The molecule has 0 spiro atoms. The van der Waals surface area contributed by atoms with Crippen molar-refractivity contribution in [2.45, 2.75) is 6.18 Å². The van der Waals surface area contributed by atoms with Crippen molar-refractivity contribution in [2.24, 2.45) is 0 Å². The summed E-state index contributed by atoms with van der Waals surface area (Å²) in [4.78, 5) is 34.5. The minimum atomic E-state index is -4.73. The molecule has 0 heterocycles. The van der Waals surface area contributed by atoms with Crippen molar-refractivity contribution in [3.05, 3.63) is 62.7 Å². The average Bonchev–Trinajstić information content (AvgIpc) is 2.70. The van der Waals surface area contributed by atoms with Gasteiger partial charge in [-0.1, -0.05) is 11.6 Å². The first-order chi connectivity index (χ1) is 14.5. The summed E-state index contributed by atoms with van der Waals surface area (Å²) in [5.74, 6) is -2.04. The third-order valence-corrected chi connectivity index (χ3v) is 4.08. The number of anilines is 2. The summed E-state index contributed by atoms with van der Waals surface area (Å²) in [5, 5.41) is 24.1. The van der Waals surface area contributed by atoms with E-state index in [0.717, 1.165) is 24.3 Å². The number of nitrogens with zero attached hydrogens (tertiary/aromatic N) is 1. The molecule has 0 radical (unpaired) electrons. The number of hydrogen-bond donors (Lipinski definition) is 3. The van der Waals surface area contributed by atoms with Crippen LogP contribution in [0.5, 0.6) is 0 Å². The van der Waals surface area contributed by atoms with Gasteiger partial charge in [-0.3, -0.25) is 14.9 Å². The van der Waals surface area contributed by atoms with Crippen LogP contribution in [0.4, 0.5) is 30.2 Å². The molecule has 0 unspecified atom stereocenters. The summed E-state index contributed by atoms with van der Waals surface area (Å²) >= 11 is 5.50. The van der Waals surface area contributed by atoms with Gasteiger partial charge in [-0.2, -0.15) is 13.2 Å². The van der Waals surface area contributed by atoms with Gasteiger partial charge in [0, 0.05) is 30.1 Å². The zero-order chi connectivity index (χ0) is 23.2. The Balaban J connectivity index is 2.09. The number of hydrogen-bond acceptors (Lipinski definition) is 7. The maximum Gasteiger partial charge on any atom is 0.417 e. The molecule has 9 nitrogen and oxygen atoms in total. The fourth-order valence-electron chi connectivity index (χ4n) is 2.39. The molecule has 13 heteroatoms. The maximum atomic E-state index is 12.9. The van der Waals surface area contributed by atoms with Crippen LogP contribution in [0.15, 0.2) is 36.4 Å². The number of carbonyl (C=O) groups is 2. The van der Waals surface area contributed by atoms with Gasteiger partial charge in [0.05, 0.1) is 27.7 Å². The Labute approximate surface area is 177 Å². The van der Waals surface area contributed by atoms with Crippen LogP contribution in [0, 0.1) is 10.1 Å². The first-order valence-electron chi connectivity index (χ1n) is 8.50. The zero-order valence-electron chi connectivity index (χ0n) is 15.5. The van der Waals surface area contributed by atoms with Crippen LogP contribution in [0.25, 0.3) is 0 Å².